The van der Waals surface area contributed by atoms with E-state index in [9.17, 15) is 13.2 Å². The molecule has 1 fully saturated rings. The van der Waals surface area contributed by atoms with Crippen LogP contribution in [0.4, 0.5) is 0 Å². The van der Waals surface area contributed by atoms with Gasteiger partial charge in [0.2, 0.25) is 5.91 Å². The molecule has 6 nitrogen and oxygen atoms in total. The maximum atomic E-state index is 12.5. The number of hydrogen-bond acceptors (Lipinski definition) is 5. The van der Waals surface area contributed by atoms with Gasteiger partial charge >= 0.3 is 0 Å². The molecule has 1 N–H and O–H groups in total. The van der Waals surface area contributed by atoms with E-state index >= 15 is 0 Å². The molecular formula is C16H26N2O4S. The SMILES string of the molecule is Cc1noc(C)c1CS(=O)(=O)[C@H](C)C(=O)N[C@@H]1CCCC[C@H]1C. The van der Waals surface area contributed by atoms with E-state index in [-0.39, 0.29) is 11.8 Å². The highest BCUT2D eigenvalue weighted by Crippen LogP contribution is 2.24. The highest BCUT2D eigenvalue weighted by Gasteiger charge is 2.32. The molecule has 0 aromatic carbocycles. The molecule has 1 saturated carbocycles. The zero-order valence-corrected chi connectivity index (χ0v) is 15.1. The molecule has 0 bridgehead atoms. The lowest BCUT2D eigenvalue weighted by atomic mass is 9.86. The summed E-state index contributed by atoms with van der Waals surface area (Å²) in [6.45, 7) is 6.94. The van der Waals surface area contributed by atoms with Crippen LogP contribution in [0.3, 0.4) is 0 Å². The van der Waals surface area contributed by atoms with Crippen molar-refractivity contribution in [1.82, 2.24) is 10.5 Å². The molecule has 0 aliphatic heterocycles. The molecule has 23 heavy (non-hydrogen) atoms. The smallest absolute Gasteiger partial charge is 0.238 e. The molecule has 1 heterocycles. The van der Waals surface area contributed by atoms with Gasteiger partial charge in [-0.1, -0.05) is 24.9 Å². The summed E-state index contributed by atoms with van der Waals surface area (Å²) in [5, 5.41) is 5.62. The average molecular weight is 342 g/mol. The molecular weight excluding hydrogens is 316 g/mol. The van der Waals surface area contributed by atoms with Gasteiger partial charge in [0.1, 0.15) is 11.0 Å². The average Bonchev–Trinajstić information content (AvgIpc) is 2.80. The van der Waals surface area contributed by atoms with Crippen molar-refractivity contribution in [3.8, 4) is 0 Å². The summed E-state index contributed by atoms with van der Waals surface area (Å²) in [5.41, 5.74) is 1.11. The van der Waals surface area contributed by atoms with E-state index < -0.39 is 21.0 Å². The fourth-order valence-corrected chi connectivity index (χ4v) is 4.49. The molecule has 1 aromatic rings. The zero-order valence-electron chi connectivity index (χ0n) is 14.3. The number of aromatic nitrogens is 1. The van der Waals surface area contributed by atoms with Gasteiger partial charge in [0.15, 0.2) is 9.84 Å². The molecule has 0 unspecified atom stereocenters. The Morgan fingerprint density at radius 3 is 2.57 bits per heavy atom. The minimum Gasteiger partial charge on any atom is -0.361 e. The fourth-order valence-electron chi connectivity index (χ4n) is 3.03. The summed E-state index contributed by atoms with van der Waals surface area (Å²) < 4.78 is 30.1. The van der Waals surface area contributed by atoms with Gasteiger partial charge in [-0.3, -0.25) is 4.79 Å². The maximum Gasteiger partial charge on any atom is 0.238 e. The van der Waals surface area contributed by atoms with Crippen molar-refractivity contribution in [2.45, 2.75) is 70.4 Å². The predicted molar refractivity (Wildman–Crippen MR) is 87.6 cm³/mol. The van der Waals surface area contributed by atoms with E-state index in [0.29, 0.717) is 22.9 Å². The van der Waals surface area contributed by atoms with Gasteiger partial charge < -0.3 is 9.84 Å². The van der Waals surface area contributed by atoms with Crippen molar-refractivity contribution in [1.29, 1.82) is 0 Å². The van der Waals surface area contributed by atoms with Crippen LogP contribution in [0.5, 0.6) is 0 Å². The van der Waals surface area contributed by atoms with Crippen molar-refractivity contribution in [3.63, 3.8) is 0 Å². The highest BCUT2D eigenvalue weighted by atomic mass is 32.2. The Bertz CT molecular complexity index is 646. The number of rotatable bonds is 5. The maximum absolute atomic E-state index is 12.5. The van der Waals surface area contributed by atoms with E-state index in [0.717, 1.165) is 19.3 Å². The third-order valence-electron chi connectivity index (χ3n) is 4.87. The Hall–Kier alpha value is -1.37. The molecule has 1 aliphatic rings. The van der Waals surface area contributed by atoms with E-state index in [2.05, 4.69) is 17.4 Å². The first kappa shape index (κ1) is 18.0. The molecule has 1 aromatic heterocycles. The van der Waals surface area contributed by atoms with Crippen molar-refractivity contribution >= 4 is 15.7 Å². The van der Waals surface area contributed by atoms with E-state index in [1.165, 1.54) is 13.3 Å². The van der Waals surface area contributed by atoms with Crippen molar-refractivity contribution < 1.29 is 17.7 Å². The molecule has 7 heteroatoms. The first-order valence-electron chi connectivity index (χ1n) is 8.16. The van der Waals surface area contributed by atoms with Crippen molar-refractivity contribution in [2.75, 3.05) is 0 Å². The van der Waals surface area contributed by atoms with Crippen LogP contribution >= 0.6 is 0 Å². The number of amides is 1. The first-order valence-corrected chi connectivity index (χ1v) is 9.87. The van der Waals surface area contributed by atoms with Gasteiger partial charge in [-0.15, -0.1) is 0 Å². The number of hydrogen-bond donors (Lipinski definition) is 1. The lowest BCUT2D eigenvalue weighted by Gasteiger charge is -2.30. The summed E-state index contributed by atoms with van der Waals surface area (Å²) >= 11 is 0. The lowest BCUT2D eigenvalue weighted by molar-refractivity contribution is -0.121. The van der Waals surface area contributed by atoms with Gasteiger partial charge in [-0.05, 0) is 39.5 Å². The molecule has 1 aliphatic carbocycles. The van der Waals surface area contributed by atoms with Crippen LogP contribution in [0.2, 0.25) is 0 Å². The van der Waals surface area contributed by atoms with Crippen LogP contribution in [0, 0.1) is 19.8 Å². The highest BCUT2D eigenvalue weighted by molar-refractivity contribution is 7.92. The van der Waals surface area contributed by atoms with Gasteiger partial charge in [-0.2, -0.15) is 0 Å². The normalized spacial score (nSPS) is 23.5. The second-order valence-electron chi connectivity index (χ2n) is 6.63. The monoisotopic (exact) mass is 342 g/mol. The minimum atomic E-state index is -3.61. The molecule has 2 rings (SSSR count). The standard InChI is InChI=1S/C16H26N2O4S/c1-10-7-5-6-8-15(10)17-16(19)13(4)23(20,21)9-14-11(2)18-22-12(14)3/h10,13,15H,5-9H2,1-4H3,(H,17,19)/t10-,13-,15-/m1/s1. The van der Waals surface area contributed by atoms with E-state index in [1.807, 2.05) is 0 Å². The predicted octanol–water partition coefficient (Wildman–Crippen LogP) is 2.29. The van der Waals surface area contributed by atoms with E-state index in [1.54, 1.807) is 13.8 Å². The Morgan fingerprint density at radius 2 is 2.00 bits per heavy atom. The van der Waals surface area contributed by atoms with Gasteiger partial charge in [0.25, 0.3) is 0 Å². The number of nitrogens with zero attached hydrogens (tertiary/aromatic N) is 1. The van der Waals surface area contributed by atoms with Gasteiger partial charge in [0, 0.05) is 11.6 Å². The van der Waals surface area contributed by atoms with Crippen LogP contribution in [0.1, 0.15) is 56.5 Å². The zero-order chi connectivity index (χ0) is 17.2. The second kappa shape index (κ2) is 7.03. The van der Waals surface area contributed by atoms with Crippen LogP contribution < -0.4 is 5.32 Å². The summed E-state index contributed by atoms with van der Waals surface area (Å²) in [5.74, 6) is 0.253. The van der Waals surface area contributed by atoms with Crippen molar-refractivity contribution in [3.05, 3.63) is 17.0 Å². The quantitative estimate of drug-likeness (QED) is 0.887. The third kappa shape index (κ3) is 4.13. The van der Waals surface area contributed by atoms with Crippen molar-refractivity contribution in [2.24, 2.45) is 5.92 Å². The third-order valence-corrected chi connectivity index (χ3v) is 6.86. The molecule has 1 amide bonds. The number of carbonyl (C=O) groups excluding carboxylic acids is 1. The molecule has 130 valence electrons. The lowest BCUT2D eigenvalue weighted by Crippen LogP contribution is -2.47. The van der Waals surface area contributed by atoms with E-state index in [4.69, 9.17) is 4.52 Å². The summed E-state index contributed by atoms with van der Waals surface area (Å²) in [6.07, 6.45) is 4.25. The fraction of sp³-hybridized carbons (Fsp3) is 0.750. The van der Waals surface area contributed by atoms with Gasteiger partial charge in [-0.25, -0.2) is 8.42 Å². The number of carbonyl (C=O) groups is 1. The Kier molecular flexibility index (Phi) is 5.49. The van der Waals surface area contributed by atoms with Crippen LogP contribution in [-0.4, -0.2) is 30.8 Å². The summed E-state index contributed by atoms with van der Waals surface area (Å²) in [4.78, 5) is 12.4. The second-order valence-corrected chi connectivity index (χ2v) is 8.95. The molecule has 3 atom stereocenters. The molecule has 0 saturated heterocycles. The summed E-state index contributed by atoms with van der Waals surface area (Å²) in [7, 11) is -3.61. The Balaban J connectivity index is 2.05. The van der Waals surface area contributed by atoms with Crippen LogP contribution in [0.15, 0.2) is 4.52 Å². The Labute approximate surface area is 137 Å². The topological polar surface area (TPSA) is 89.3 Å². The molecule has 0 spiro atoms. The largest absolute Gasteiger partial charge is 0.361 e. The van der Waals surface area contributed by atoms with Crippen LogP contribution in [0.25, 0.3) is 0 Å². The summed E-state index contributed by atoms with van der Waals surface area (Å²) in [6, 6.07) is 0.0768. The Morgan fingerprint density at radius 1 is 1.35 bits per heavy atom. The van der Waals surface area contributed by atoms with Crippen LogP contribution in [-0.2, 0) is 20.4 Å². The number of nitrogens with one attached hydrogen (secondary N) is 1. The minimum absolute atomic E-state index is 0.0768. The number of aryl methyl sites for hydroxylation is 2. The van der Waals surface area contributed by atoms with Gasteiger partial charge in [0.05, 0.1) is 11.4 Å². The first-order chi connectivity index (χ1) is 10.7. The number of sulfone groups is 1. The molecule has 0 radical (unpaired) electrons.